The summed E-state index contributed by atoms with van der Waals surface area (Å²) in [5.41, 5.74) is 2.67. The molecule has 0 aliphatic carbocycles. The van der Waals surface area contributed by atoms with Gasteiger partial charge in [0.2, 0.25) is 0 Å². The minimum atomic E-state index is 0. The minimum absolute atomic E-state index is 0. The van der Waals surface area contributed by atoms with Crippen LogP contribution in [0.1, 0.15) is 56.4 Å². The largest absolute Gasteiger partial charge is 0.373 e. The Morgan fingerprint density at radius 2 is 1.70 bits per heavy atom. The maximum atomic E-state index is 6.05. The highest BCUT2D eigenvalue weighted by Crippen LogP contribution is 2.34. The maximum absolute atomic E-state index is 6.05. The highest BCUT2D eigenvalue weighted by Gasteiger charge is 2.29. The third-order valence-electron chi connectivity index (χ3n) is 6.87. The summed E-state index contributed by atoms with van der Waals surface area (Å²) in [6, 6.07) is 22.4. The summed E-state index contributed by atoms with van der Waals surface area (Å²) in [5, 5.41) is 7.16. The fraction of sp³-hybridized carbons (Fsp3) is 0.519. The highest BCUT2D eigenvalue weighted by atomic mass is 127. The Hall–Kier alpha value is -1.64. The second kappa shape index (κ2) is 13.3. The van der Waals surface area contributed by atoms with Gasteiger partial charge in [-0.05, 0) is 44.2 Å². The lowest BCUT2D eigenvalue weighted by molar-refractivity contribution is 0.0925. The van der Waals surface area contributed by atoms with E-state index in [1.807, 2.05) is 0 Å². The van der Waals surface area contributed by atoms with Gasteiger partial charge >= 0.3 is 0 Å². The van der Waals surface area contributed by atoms with Gasteiger partial charge in [-0.2, -0.15) is 0 Å². The van der Waals surface area contributed by atoms with Crippen molar-refractivity contribution < 1.29 is 4.74 Å². The van der Waals surface area contributed by atoms with Gasteiger partial charge < -0.3 is 15.4 Å². The van der Waals surface area contributed by atoms with Crippen molar-refractivity contribution in [3.8, 4) is 0 Å². The van der Waals surface area contributed by atoms with Gasteiger partial charge in [0.25, 0.3) is 0 Å². The Kier molecular flexibility index (Phi) is 10.5. The van der Waals surface area contributed by atoms with E-state index in [2.05, 4.69) is 90.0 Å². The van der Waals surface area contributed by atoms with Gasteiger partial charge in [-0.15, -0.1) is 24.0 Å². The van der Waals surface area contributed by atoms with Gasteiger partial charge in [-0.1, -0.05) is 60.7 Å². The van der Waals surface area contributed by atoms with Gasteiger partial charge in [-0.25, -0.2) is 0 Å². The van der Waals surface area contributed by atoms with E-state index in [-0.39, 0.29) is 30.1 Å². The van der Waals surface area contributed by atoms with E-state index in [1.165, 1.54) is 11.1 Å². The maximum Gasteiger partial charge on any atom is 0.191 e. The molecule has 4 rings (SSSR count). The van der Waals surface area contributed by atoms with E-state index in [1.54, 1.807) is 0 Å². The smallest absolute Gasteiger partial charge is 0.191 e. The standard InChI is InChI=1S/C27H38N4O.HI/c1-3-28-27(29-20-24-16-19-32-26(24)23-12-8-5-9-13-23)30-25-14-17-31(18-15-25)21(2)22-10-6-4-7-11-22;/h4-13,21,24-26H,3,14-20H2,1-2H3,(H2,28,29,30);1H. The quantitative estimate of drug-likeness (QED) is 0.278. The van der Waals surface area contributed by atoms with Crippen molar-refractivity contribution in [3.63, 3.8) is 0 Å². The van der Waals surface area contributed by atoms with Crippen LogP contribution in [0.3, 0.4) is 0 Å². The van der Waals surface area contributed by atoms with Crippen LogP contribution in [0, 0.1) is 5.92 Å². The number of hydrogen-bond acceptors (Lipinski definition) is 3. The highest BCUT2D eigenvalue weighted by molar-refractivity contribution is 14.0. The topological polar surface area (TPSA) is 48.9 Å². The molecule has 2 aromatic carbocycles. The lowest BCUT2D eigenvalue weighted by Crippen LogP contribution is -2.49. The number of piperidine rings is 1. The fourth-order valence-electron chi connectivity index (χ4n) is 4.93. The Morgan fingerprint density at radius 3 is 2.36 bits per heavy atom. The van der Waals surface area contributed by atoms with Crippen LogP contribution in [-0.4, -0.2) is 49.7 Å². The zero-order valence-corrected chi connectivity index (χ0v) is 22.3. The first-order valence-electron chi connectivity index (χ1n) is 12.2. The first kappa shape index (κ1) is 26.0. The molecular formula is C27H39IN4O. The SMILES string of the molecule is CCNC(=NCC1CCOC1c1ccccc1)NC1CCN(C(C)c2ccccc2)CC1.I. The van der Waals surface area contributed by atoms with Crippen LogP contribution in [0.5, 0.6) is 0 Å². The van der Waals surface area contributed by atoms with Crippen molar-refractivity contribution in [2.75, 3.05) is 32.8 Å². The molecule has 2 fully saturated rings. The zero-order chi connectivity index (χ0) is 22.2. The normalized spacial score (nSPS) is 23.0. The molecule has 2 N–H and O–H groups in total. The molecule has 2 heterocycles. The number of nitrogens with zero attached hydrogens (tertiary/aromatic N) is 2. The molecule has 6 heteroatoms. The van der Waals surface area contributed by atoms with Crippen molar-refractivity contribution >= 4 is 29.9 Å². The van der Waals surface area contributed by atoms with Crippen LogP contribution in [0.25, 0.3) is 0 Å². The lowest BCUT2D eigenvalue weighted by Gasteiger charge is -2.37. The average Bonchev–Trinajstić information content (AvgIpc) is 3.32. The number of nitrogens with one attached hydrogen (secondary N) is 2. The summed E-state index contributed by atoms with van der Waals surface area (Å²) in [5.74, 6) is 1.38. The van der Waals surface area contributed by atoms with Gasteiger partial charge in [0, 0.05) is 50.8 Å². The van der Waals surface area contributed by atoms with Crippen LogP contribution in [0.4, 0.5) is 0 Å². The fourth-order valence-corrected chi connectivity index (χ4v) is 4.93. The number of rotatable bonds is 7. The summed E-state index contributed by atoms with van der Waals surface area (Å²) in [7, 11) is 0. The number of likely N-dealkylation sites (tertiary alicyclic amines) is 1. The van der Waals surface area contributed by atoms with Crippen LogP contribution < -0.4 is 10.6 Å². The number of aliphatic imine (C=N–C) groups is 1. The molecule has 0 radical (unpaired) electrons. The second-order valence-corrected chi connectivity index (χ2v) is 9.01. The molecule has 2 saturated heterocycles. The number of hydrogen-bond donors (Lipinski definition) is 2. The average molecular weight is 563 g/mol. The Balaban J connectivity index is 0.00000306. The van der Waals surface area contributed by atoms with Gasteiger partial charge in [-0.3, -0.25) is 9.89 Å². The molecule has 2 aliphatic heterocycles. The Labute approximate surface area is 216 Å². The van der Waals surface area contributed by atoms with Crippen molar-refractivity contribution in [3.05, 3.63) is 71.8 Å². The van der Waals surface area contributed by atoms with E-state index in [0.29, 0.717) is 18.0 Å². The van der Waals surface area contributed by atoms with Crippen LogP contribution >= 0.6 is 24.0 Å². The summed E-state index contributed by atoms with van der Waals surface area (Å²) >= 11 is 0. The van der Waals surface area contributed by atoms with Crippen LogP contribution in [-0.2, 0) is 4.74 Å². The molecule has 0 spiro atoms. The molecule has 3 atom stereocenters. The second-order valence-electron chi connectivity index (χ2n) is 9.01. The molecule has 0 aromatic heterocycles. The number of ether oxygens (including phenoxy) is 1. The van der Waals surface area contributed by atoms with E-state index in [0.717, 1.165) is 58.0 Å². The molecular weight excluding hydrogens is 523 g/mol. The summed E-state index contributed by atoms with van der Waals surface area (Å²) in [4.78, 5) is 7.56. The molecule has 2 aliphatic rings. The van der Waals surface area contributed by atoms with Crippen molar-refractivity contribution in [2.24, 2.45) is 10.9 Å². The molecule has 33 heavy (non-hydrogen) atoms. The molecule has 180 valence electrons. The monoisotopic (exact) mass is 562 g/mol. The lowest BCUT2D eigenvalue weighted by atomic mass is 9.95. The molecule has 5 nitrogen and oxygen atoms in total. The Bertz CT molecular complexity index is 840. The Morgan fingerprint density at radius 1 is 1.03 bits per heavy atom. The van der Waals surface area contributed by atoms with Crippen molar-refractivity contribution in [1.82, 2.24) is 15.5 Å². The summed E-state index contributed by atoms with van der Waals surface area (Å²) in [6.45, 7) is 9.16. The van der Waals surface area contributed by atoms with E-state index in [9.17, 15) is 0 Å². The number of halogens is 1. The predicted molar refractivity (Wildman–Crippen MR) is 147 cm³/mol. The molecule has 0 saturated carbocycles. The zero-order valence-electron chi connectivity index (χ0n) is 20.0. The van der Waals surface area contributed by atoms with E-state index < -0.39 is 0 Å². The third-order valence-corrected chi connectivity index (χ3v) is 6.87. The third kappa shape index (κ3) is 7.17. The number of guanidine groups is 1. The van der Waals surface area contributed by atoms with Crippen molar-refractivity contribution in [1.29, 1.82) is 0 Å². The van der Waals surface area contributed by atoms with Crippen molar-refractivity contribution in [2.45, 2.75) is 51.3 Å². The summed E-state index contributed by atoms with van der Waals surface area (Å²) in [6.07, 6.45) is 3.50. The van der Waals surface area contributed by atoms with Gasteiger partial charge in [0.05, 0.1) is 6.10 Å². The molecule has 0 amide bonds. The molecule has 0 bridgehead atoms. The van der Waals surface area contributed by atoms with Crippen LogP contribution in [0.2, 0.25) is 0 Å². The van der Waals surface area contributed by atoms with Crippen LogP contribution in [0.15, 0.2) is 65.7 Å². The first-order valence-corrected chi connectivity index (χ1v) is 12.2. The first-order chi connectivity index (χ1) is 15.7. The van der Waals surface area contributed by atoms with E-state index in [4.69, 9.17) is 9.73 Å². The summed E-state index contributed by atoms with van der Waals surface area (Å²) < 4.78 is 6.05. The van der Waals surface area contributed by atoms with Gasteiger partial charge in [0.1, 0.15) is 0 Å². The molecule has 2 aromatic rings. The van der Waals surface area contributed by atoms with E-state index >= 15 is 0 Å². The predicted octanol–water partition coefficient (Wildman–Crippen LogP) is 5.16. The van der Waals surface area contributed by atoms with Gasteiger partial charge in [0.15, 0.2) is 5.96 Å². The number of benzene rings is 2. The minimum Gasteiger partial charge on any atom is -0.373 e. The molecule has 3 unspecified atom stereocenters.